The molecule has 1 saturated carbocycles. The Morgan fingerprint density at radius 3 is 2.62 bits per heavy atom. The molecule has 1 heterocycles. The number of hydrogen-bond acceptors (Lipinski definition) is 3. The van der Waals surface area contributed by atoms with Crippen molar-refractivity contribution in [2.24, 2.45) is 0 Å². The summed E-state index contributed by atoms with van der Waals surface area (Å²) in [6.45, 7) is 2.08. The summed E-state index contributed by atoms with van der Waals surface area (Å²) in [6.07, 6.45) is 4.56. The van der Waals surface area contributed by atoms with Crippen LogP contribution in [0.5, 0.6) is 0 Å². The lowest BCUT2D eigenvalue weighted by Crippen LogP contribution is -2.44. The van der Waals surface area contributed by atoms with Crippen LogP contribution in [-0.4, -0.2) is 32.9 Å². The fourth-order valence-electron chi connectivity index (χ4n) is 3.15. The molecule has 1 aromatic carbocycles. The van der Waals surface area contributed by atoms with Crippen LogP contribution in [0.4, 0.5) is 4.39 Å². The third-order valence-corrected chi connectivity index (χ3v) is 4.55. The summed E-state index contributed by atoms with van der Waals surface area (Å²) in [7, 11) is 0. The van der Waals surface area contributed by atoms with Gasteiger partial charge < -0.3 is 10.4 Å². The van der Waals surface area contributed by atoms with E-state index < -0.39 is 5.60 Å². The zero-order chi connectivity index (χ0) is 17.2. The van der Waals surface area contributed by atoms with Gasteiger partial charge in [0.2, 0.25) is 0 Å². The molecule has 1 fully saturated rings. The first-order chi connectivity index (χ1) is 11.5. The largest absolute Gasteiger partial charge is 0.388 e. The summed E-state index contributed by atoms with van der Waals surface area (Å²) in [5, 5.41) is 17.5. The zero-order valence-electron chi connectivity index (χ0n) is 13.8. The van der Waals surface area contributed by atoms with Crippen molar-refractivity contribution in [1.82, 2.24) is 15.1 Å². The Bertz CT molecular complexity index is 718. The lowest BCUT2D eigenvalue weighted by atomic mass is 9.85. The normalized spacial score (nSPS) is 16.8. The molecule has 24 heavy (non-hydrogen) atoms. The van der Waals surface area contributed by atoms with E-state index in [0.29, 0.717) is 5.69 Å². The summed E-state index contributed by atoms with van der Waals surface area (Å²) < 4.78 is 14.6. The molecule has 0 radical (unpaired) electrons. The molecule has 0 saturated heterocycles. The number of aryl methyl sites for hydroxylation is 1. The van der Waals surface area contributed by atoms with Crippen molar-refractivity contribution in [2.45, 2.75) is 44.6 Å². The molecule has 1 aliphatic carbocycles. The standard InChI is InChI=1S/C18H22FN3O2/c1-13-11-16(21-22(13)15-7-5-14(19)6-8-15)17(23)20-12-18(24)9-3-2-4-10-18/h5-8,11,24H,2-4,9-10,12H2,1H3,(H,20,23). The number of amides is 1. The van der Waals surface area contributed by atoms with Crippen molar-refractivity contribution in [3.63, 3.8) is 0 Å². The maximum atomic E-state index is 13.0. The van der Waals surface area contributed by atoms with Gasteiger partial charge in [0.05, 0.1) is 11.3 Å². The van der Waals surface area contributed by atoms with Crippen LogP contribution in [0.1, 0.15) is 48.3 Å². The highest BCUT2D eigenvalue weighted by atomic mass is 19.1. The number of carbonyl (C=O) groups is 1. The highest BCUT2D eigenvalue weighted by molar-refractivity contribution is 5.92. The lowest BCUT2D eigenvalue weighted by molar-refractivity contribution is 0.00521. The number of nitrogens with one attached hydrogen (secondary N) is 1. The van der Waals surface area contributed by atoms with Crippen LogP contribution >= 0.6 is 0 Å². The molecule has 128 valence electrons. The molecule has 2 aromatic rings. The van der Waals surface area contributed by atoms with E-state index in [0.717, 1.165) is 37.8 Å². The lowest BCUT2D eigenvalue weighted by Gasteiger charge is -2.31. The molecule has 6 heteroatoms. The van der Waals surface area contributed by atoms with Crippen molar-refractivity contribution in [2.75, 3.05) is 6.54 Å². The second-order valence-electron chi connectivity index (χ2n) is 6.53. The molecule has 0 atom stereocenters. The van der Waals surface area contributed by atoms with Crippen LogP contribution in [0, 0.1) is 12.7 Å². The zero-order valence-corrected chi connectivity index (χ0v) is 13.8. The summed E-state index contributed by atoms with van der Waals surface area (Å²) in [4.78, 5) is 12.3. The van der Waals surface area contributed by atoms with Gasteiger partial charge in [-0.2, -0.15) is 5.10 Å². The first kappa shape index (κ1) is 16.6. The number of benzene rings is 1. The average molecular weight is 331 g/mol. The second-order valence-corrected chi connectivity index (χ2v) is 6.53. The molecule has 0 spiro atoms. The van der Waals surface area contributed by atoms with Crippen LogP contribution < -0.4 is 5.32 Å². The molecular formula is C18H22FN3O2. The first-order valence-electron chi connectivity index (χ1n) is 8.30. The Morgan fingerprint density at radius 2 is 1.96 bits per heavy atom. The number of rotatable bonds is 4. The molecule has 2 N–H and O–H groups in total. The highest BCUT2D eigenvalue weighted by Crippen LogP contribution is 2.27. The van der Waals surface area contributed by atoms with Crippen molar-refractivity contribution in [1.29, 1.82) is 0 Å². The highest BCUT2D eigenvalue weighted by Gasteiger charge is 2.29. The van der Waals surface area contributed by atoms with E-state index in [1.165, 1.54) is 12.1 Å². The van der Waals surface area contributed by atoms with Gasteiger partial charge in [-0.25, -0.2) is 9.07 Å². The number of nitrogens with zero attached hydrogens (tertiary/aromatic N) is 2. The smallest absolute Gasteiger partial charge is 0.271 e. The Kier molecular flexibility index (Phi) is 4.66. The SMILES string of the molecule is Cc1cc(C(=O)NCC2(O)CCCCC2)nn1-c1ccc(F)cc1. The van der Waals surface area contributed by atoms with Gasteiger partial charge in [0.15, 0.2) is 5.69 Å². The van der Waals surface area contributed by atoms with Gasteiger partial charge in [0.1, 0.15) is 5.82 Å². The first-order valence-corrected chi connectivity index (χ1v) is 8.30. The Morgan fingerprint density at radius 1 is 1.29 bits per heavy atom. The number of hydrogen-bond donors (Lipinski definition) is 2. The van der Waals surface area contributed by atoms with Gasteiger partial charge in [-0.1, -0.05) is 19.3 Å². The molecular weight excluding hydrogens is 309 g/mol. The Balaban J connectivity index is 1.69. The average Bonchev–Trinajstić information content (AvgIpc) is 2.96. The molecule has 1 amide bonds. The van der Waals surface area contributed by atoms with Crippen LogP contribution in [0.25, 0.3) is 5.69 Å². The summed E-state index contributed by atoms with van der Waals surface area (Å²) in [5.41, 5.74) is 0.959. The van der Waals surface area contributed by atoms with E-state index in [9.17, 15) is 14.3 Å². The van der Waals surface area contributed by atoms with E-state index in [1.54, 1.807) is 22.9 Å². The number of aliphatic hydroxyl groups is 1. The number of halogens is 1. The molecule has 1 aliphatic rings. The Labute approximate surface area is 140 Å². The third kappa shape index (κ3) is 3.64. The van der Waals surface area contributed by atoms with E-state index in [1.807, 2.05) is 6.92 Å². The monoisotopic (exact) mass is 331 g/mol. The summed E-state index contributed by atoms with van der Waals surface area (Å²) in [5.74, 6) is -0.625. The Hall–Kier alpha value is -2.21. The summed E-state index contributed by atoms with van der Waals surface area (Å²) in [6, 6.07) is 7.62. The van der Waals surface area contributed by atoms with Crippen LogP contribution in [-0.2, 0) is 0 Å². The van der Waals surface area contributed by atoms with Gasteiger partial charge in [0, 0.05) is 12.2 Å². The van der Waals surface area contributed by atoms with Gasteiger partial charge in [-0.05, 0) is 50.1 Å². The molecule has 0 bridgehead atoms. The topological polar surface area (TPSA) is 67.2 Å². The number of aromatic nitrogens is 2. The minimum Gasteiger partial charge on any atom is -0.388 e. The van der Waals surface area contributed by atoms with E-state index in [4.69, 9.17) is 0 Å². The third-order valence-electron chi connectivity index (χ3n) is 4.55. The summed E-state index contributed by atoms with van der Waals surface area (Å²) >= 11 is 0. The van der Waals surface area contributed by atoms with Crippen molar-refractivity contribution in [3.05, 3.63) is 47.5 Å². The molecule has 1 aromatic heterocycles. The quantitative estimate of drug-likeness (QED) is 0.905. The van der Waals surface area contributed by atoms with Gasteiger partial charge in [0.25, 0.3) is 5.91 Å². The molecule has 3 rings (SSSR count). The van der Waals surface area contributed by atoms with Crippen molar-refractivity contribution >= 4 is 5.91 Å². The molecule has 0 unspecified atom stereocenters. The molecule has 0 aliphatic heterocycles. The minimum atomic E-state index is -0.803. The van der Waals surface area contributed by atoms with Gasteiger partial charge in [-0.3, -0.25) is 4.79 Å². The van der Waals surface area contributed by atoms with Crippen LogP contribution in [0.15, 0.2) is 30.3 Å². The maximum Gasteiger partial charge on any atom is 0.271 e. The van der Waals surface area contributed by atoms with Gasteiger partial charge >= 0.3 is 0 Å². The fourth-order valence-corrected chi connectivity index (χ4v) is 3.15. The fraction of sp³-hybridized carbons (Fsp3) is 0.444. The van der Waals surface area contributed by atoms with E-state index in [2.05, 4.69) is 10.4 Å². The number of carbonyl (C=O) groups excluding carboxylic acids is 1. The predicted octanol–water partition coefficient (Wildman–Crippen LogP) is 2.74. The van der Waals surface area contributed by atoms with E-state index in [-0.39, 0.29) is 24.0 Å². The predicted molar refractivity (Wildman–Crippen MR) is 88.6 cm³/mol. The van der Waals surface area contributed by atoms with Crippen molar-refractivity contribution < 1.29 is 14.3 Å². The van der Waals surface area contributed by atoms with Crippen molar-refractivity contribution in [3.8, 4) is 5.69 Å². The van der Waals surface area contributed by atoms with Crippen LogP contribution in [0.3, 0.4) is 0 Å². The minimum absolute atomic E-state index is 0.244. The maximum absolute atomic E-state index is 13.0. The molecule has 5 nitrogen and oxygen atoms in total. The van der Waals surface area contributed by atoms with Gasteiger partial charge in [-0.15, -0.1) is 0 Å². The van der Waals surface area contributed by atoms with Crippen LogP contribution in [0.2, 0.25) is 0 Å². The second kappa shape index (κ2) is 6.73. The van der Waals surface area contributed by atoms with E-state index >= 15 is 0 Å².